The van der Waals surface area contributed by atoms with Crippen molar-refractivity contribution in [3.8, 4) is 62.3 Å². The van der Waals surface area contributed by atoms with Crippen LogP contribution in [0.5, 0.6) is 11.5 Å². The van der Waals surface area contributed by atoms with E-state index in [0.717, 1.165) is 67.0 Å². The average Bonchev–Trinajstić information content (AvgIpc) is 3.91. The molecule has 0 spiro atoms. The van der Waals surface area contributed by atoms with Gasteiger partial charge in [0.05, 0.1) is 0 Å². The van der Waals surface area contributed by atoms with Crippen molar-refractivity contribution in [3.05, 3.63) is 205 Å². The van der Waals surface area contributed by atoms with Crippen LogP contribution >= 0.6 is 0 Å². The number of benzene rings is 7. The first-order valence-electron chi connectivity index (χ1n) is 23.1. The van der Waals surface area contributed by atoms with E-state index in [1.165, 1.54) is 16.7 Å². The van der Waals surface area contributed by atoms with Gasteiger partial charge in [0.25, 0.3) is 0 Å². The number of nitrogens with zero attached hydrogens (tertiary/aromatic N) is 5. The predicted octanol–water partition coefficient (Wildman–Crippen LogP) is 14.7. The standard InChI is InChI=1S/C61H55N5O.Pt/c1-59(2,3)44-32-33-62-56(37-44)66-54-29-17-16-26-52(54)53-31-30-49(39-55(53)66)67-48-25-18-24-47(38-48)65-40-64(58(63-65)43-34-45(60(4,5)6)36-46(35-43)61(7,8)9)57-50(41-20-12-10-13-21-41)27-19-28-51(57)42-22-14-11-15-23-42;/h10-37H,1-9H3;/q-2;. The van der Waals surface area contributed by atoms with Gasteiger partial charge in [0, 0.05) is 55.5 Å². The summed E-state index contributed by atoms with van der Waals surface area (Å²) in [5.74, 6) is 2.69. The van der Waals surface area contributed by atoms with Crippen LogP contribution in [-0.4, -0.2) is 19.3 Å². The number of hydrogen-bond acceptors (Lipinski definition) is 3. The molecule has 0 fully saturated rings. The molecular formula is C61H55N5OPt-2. The maximum absolute atomic E-state index is 6.67. The van der Waals surface area contributed by atoms with E-state index in [4.69, 9.17) is 14.8 Å². The van der Waals surface area contributed by atoms with Crippen molar-refractivity contribution in [1.82, 2.24) is 19.3 Å². The van der Waals surface area contributed by atoms with Crippen LogP contribution in [0.25, 0.3) is 72.6 Å². The number of rotatable bonds is 8. The molecule has 0 N–H and O–H groups in total. The summed E-state index contributed by atoms with van der Waals surface area (Å²) in [7, 11) is 0. The molecule has 6 nitrogen and oxygen atoms in total. The Morgan fingerprint density at radius 2 is 1.10 bits per heavy atom. The Morgan fingerprint density at radius 1 is 0.515 bits per heavy atom. The van der Waals surface area contributed by atoms with Gasteiger partial charge < -0.3 is 13.9 Å². The van der Waals surface area contributed by atoms with E-state index in [2.05, 4.69) is 229 Å². The van der Waals surface area contributed by atoms with Gasteiger partial charge in [-0.25, -0.2) is 4.98 Å². The summed E-state index contributed by atoms with van der Waals surface area (Å²) in [6.45, 7) is 20.3. The van der Waals surface area contributed by atoms with E-state index >= 15 is 0 Å². The smallest absolute Gasteiger partial charge is 0.231 e. The third kappa shape index (κ3) is 8.98. The molecule has 0 saturated carbocycles. The second-order valence-electron chi connectivity index (χ2n) is 20.5. The molecule has 0 aliphatic rings. The van der Waals surface area contributed by atoms with Gasteiger partial charge in [-0.1, -0.05) is 183 Å². The predicted molar refractivity (Wildman–Crippen MR) is 273 cm³/mol. The minimum absolute atomic E-state index is 0. The molecule has 10 aromatic rings. The normalized spacial score (nSPS) is 12.1. The third-order valence-corrected chi connectivity index (χ3v) is 12.6. The van der Waals surface area contributed by atoms with Crippen molar-refractivity contribution in [2.75, 3.05) is 0 Å². The summed E-state index contributed by atoms with van der Waals surface area (Å²) >= 11 is 0. The maximum atomic E-state index is 6.67. The van der Waals surface area contributed by atoms with Gasteiger partial charge >= 0.3 is 0 Å². The first-order valence-corrected chi connectivity index (χ1v) is 23.1. The van der Waals surface area contributed by atoms with E-state index in [-0.39, 0.29) is 37.3 Å². The number of aromatic nitrogens is 5. The van der Waals surface area contributed by atoms with Crippen LogP contribution in [0.2, 0.25) is 0 Å². The largest absolute Gasteiger partial charge is 0.510 e. The molecule has 0 saturated heterocycles. The Bertz CT molecular complexity index is 3350. The van der Waals surface area contributed by atoms with Crippen LogP contribution in [0, 0.1) is 18.5 Å². The zero-order valence-electron chi connectivity index (χ0n) is 40.1. The summed E-state index contributed by atoms with van der Waals surface area (Å²) in [6, 6.07) is 64.5. The zero-order valence-corrected chi connectivity index (χ0v) is 42.4. The van der Waals surface area contributed by atoms with Gasteiger partial charge in [0.15, 0.2) is 0 Å². The third-order valence-electron chi connectivity index (χ3n) is 12.6. The second-order valence-corrected chi connectivity index (χ2v) is 20.5. The van der Waals surface area contributed by atoms with Crippen molar-refractivity contribution < 1.29 is 30.4 Å². The molecule has 0 amide bonds. The summed E-state index contributed by atoms with van der Waals surface area (Å²) in [5.41, 5.74) is 12.4. The summed E-state index contributed by atoms with van der Waals surface area (Å²) in [6.07, 6.45) is 5.63. The molecular weight excluding hydrogens is 1010 g/mol. The van der Waals surface area contributed by atoms with E-state index in [9.17, 15) is 0 Å². The Balaban J connectivity index is 0.00000578. The fourth-order valence-electron chi connectivity index (χ4n) is 8.78. The zero-order chi connectivity index (χ0) is 46.7. The van der Waals surface area contributed by atoms with Crippen LogP contribution in [0.15, 0.2) is 170 Å². The molecule has 0 bridgehead atoms. The molecule has 3 aromatic heterocycles. The molecule has 0 radical (unpaired) electrons. The Labute approximate surface area is 415 Å². The number of pyridine rings is 1. The minimum atomic E-state index is -0.106. The van der Waals surface area contributed by atoms with Crippen LogP contribution in [0.3, 0.4) is 0 Å². The van der Waals surface area contributed by atoms with Crippen LogP contribution in [0.4, 0.5) is 0 Å². The van der Waals surface area contributed by atoms with Crippen molar-refractivity contribution in [3.63, 3.8) is 0 Å². The first-order chi connectivity index (χ1) is 32.1. The molecule has 0 aliphatic carbocycles. The number of fused-ring (bicyclic) bond motifs is 3. The molecule has 7 aromatic carbocycles. The SMILES string of the molecule is CC(C)(C)c1cc(-c2nn(-c3[c-]c(Oc4[c-]c5c(cc4)c4ccccc4n5-c4cc(C(C)(C)C)ccn4)ccc3)[c-][n+]2-c2c(-c3ccccc3)cccc2-c2ccccc2)cc(C(C)(C)C)c1.[Pt]. The van der Waals surface area contributed by atoms with E-state index in [1.807, 2.05) is 30.5 Å². The number of para-hydroxylation sites is 2. The van der Waals surface area contributed by atoms with Crippen molar-refractivity contribution in [2.45, 2.75) is 78.6 Å². The summed E-state index contributed by atoms with van der Waals surface area (Å²) in [4.78, 5) is 4.87. The molecule has 342 valence electrons. The van der Waals surface area contributed by atoms with Crippen molar-refractivity contribution in [1.29, 1.82) is 0 Å². The maximum Gasteiger partial charge on any atom is 0.231 e. The van der Waals surface area contributed by atoms with Crippen LogP contribution in [-0.2, 0) is 37.3 Å². The van der Waals surface area contributed by atoms with E-state index in [0.29, 0.717) is 17.2 Å². The van der Waals surface area contributed by atoms with Gasteiger partial charge in [-0.2, -0.15) is 22.9 Å². The monoisotopic (exact) mass is 1070 g/mol. The van der Waals surface area contributed by atoms with Crippen LogP contribution < -0.4 is 9.30 Å². The van der Waals surface area contributed by atoms with Crippen molar-refractivity contribution >= 4 is 21.8 Å². The van der Waals surface area contributed by atoms with Crippen molar-refractivity contribution in [2.24, 2.45) is 0 Å². The Morgan fingerprint density at radius 3 is 1.74 bits per heavy atom. The molecule has 68 heavy (non-hydrogen) atoms. The molecule has 0 atom stereocenters. The Kier molecular flexibility index (Phi) is 12.2. The topological polar surface area (TPSA) is 48.8 Å². The van der Waals surface area contributed by atoms with Crippen LogP contribution in [0.1, 0.15) is 79.0 Å². The van der Waals surface area contributed by atoms with Gasteiger partial charge in [-0.15, -0.1) is 29.7 Å². The molecule has 0 aliphatic heterocycles. The quantitative estimate of drug-likeness (QED) is 0.113. The van der Waals surface area contributed by atoms with E-state index < -0.39 is 0 Å². The van der Waals surface area contributed by atoms with E-state index in [1.54, 1.807) is 4.68 Å². The van der Waals surface area contributed by atoms with Gasteiger partial charge in [0.1, 0.15) is 5.82 Å². The van der Waals surface area contributed by atoms with Gasteiger partial charge in [-0.3, -0.25) is 0 Å². The number of hydrogen-bond donors (Lipinski definition) is 0. The second kappa shape index (κ2) is 18.0. The van der Waals surface area contributed by atoms with Gasteiger partial charge in [-0.05, 0) is 89.6 Å². The molecule has 0 unspecified atom stereocenters. The summed E-state index contributed by atoms with van der Waals surface area (Å²) in [5, 5.41) is 7.64. The molecule has 7 heteroatoms. The number of ether oxygens (including phenoxy) is 1. The fourth-order valence-corrected chi connectivity index (χ4v) is 8.78. The molecule has 3 heterocycles. The average molecular weight is 1070 g/mol. The summed E-state index contributed by atoms with van der Waals surface area (Å²) < 4.78 is 12.8. The first kappa shape index (κ1) is 46.2. The Hall–Kier alpha value is -6.88. The minimum Gasteiger partial charge on any atom is -0.510 e. The van der Waals surface area contributed by atoms with Gasteiger partial charge in [0.2, 0.25) is 12.2 Å². The fraction of sp³-hybridized carbons (Fsp3) is 0.197. The molecule has 10 rings (SSSR count).